The van der Waals surface area contributed by atoms with Gasteiger partial charge in [0.05, 0.1) is 10.7 Å². The number of hydrogen-bond donors (Lipinski definition) is 1. The standard InChI is InChI=1S/C17H24N2S2/c1-3-8-18-16(10-13-11-21-12(2)19-13)14-5-4-6-17-15(14)7-9-20-17/h7,9,11,14,16,18H,3-6,8,10H2,1-2H3. The molecule has 2 unspecified atom stereocenters. The van der Waals surface area contributed by atoms with Gasteiger partial charge in [0.1, 0.15) is 0 Å². The molecule has 0 spiro atoms. The molecule has 2 aromatic rings. The van der Waals surface area contributed by atoms with Gasteiger partial charge in [-0.15, -0.1) is 22.7 Å². The zero-order chi connectivity index (χ0) is 14.7. The molecular weight excluding hydrogens is 296 g/mol. The highest BCUT2D eigenvalue weighted by molar-refractivity contribution is 7.10. The summed E-state index contributed by atoms with van der Waals surface area (Å²) in [5, 5.41) is 9.48. The van der Waals surface area contributed by atoms with Gasteiger partial charge in [-0.1, -0.05) is 6.92 Å². The molecule has 2 heterocycles. The Hall–Kier alpha value is -0.710. The van der Waals surface area contributed by atoms with Crippen LogP contribution in [-0.2, 0) is 12.8 Å². The van der Waals surface area contributed by atoms with Crippen LogP contribution in [0.25, 0.3) is 0 Å². The summed E-state index contributed by atoms with van der Waals surface area (Å²) in [6, 6.07) is 2.89. The van der Waals surface area contributed by atoms with Gasteiger partial charge in [-0.3, -0.25) is 0 Å². The van der Waals surface area contributed by atoms with Crippen molar-refractivity contribution >= 4 is 22.7 Å². The minimum absolute atomic E-state index is 0.528. The fourth-order valence-electron chi connectivity index (χ4n) is 3.35. The van der Waals surface area contributed by atoms with E-state index >= 15 is 0 Å². The van der Waals surface area contributed by atoms with Crippen LogP contribution in [0.4, 0.5) is 0 Å². The van der Waals surface area contributed by atoms with Gasteiger partial charge in [-0.05, 0) is 56.2 Å². The van der Waals surface area contributed by atoms with E-state index in [9.17, 15) is 0 Å². The highest BCUT2D eigenvalue weighted by Crippen LogP contribution is 2.37. The molecule has 0 aromatic carbocycles. The SMILES string of the molecule is CCCNC(Cc1csc(C)n1)C1CCCc2sccc21. The topological polar surface area (TPSA) is 24.9 Å². The first kappa shape index (κ1) is 15.2. The maximum Gasteiger partial charge on any atom is 0.0897 e. The van der Waals surface area contributed by atoms with Crippen molar-refractivity contribution in [2.45, 2.75) is 57.9 Å². The molecule has 4 heteroatoms. The normalized spacial score (nSPS) is 19.4. The van der Waals surface area contributed by atoms with E-state index in [1.54, 1.807) is 21.8 Å². The minimum Gasteiger partial charge on any atom is -0.313 e. The maximum absolute atomic E-state index is 4.68. The zero-order valence-electron chi connectivity index (χ0n) is 12.9. The molecule has 21 heavy (non-hydrogen) atoms. The lowest BCUT2D eigenvalue weighted by molar-refractivity contribution is 0.389. The molecule has 3 rings (SSSR count). The van der Waals surface area contributed by atoms with Gasteiger partial charge >= 0.3 is 0 Å². The Morgan fingerprint density at radius 3 is 3.10 bits per heavy atom. The summed E-state index contributed by atoms with van der Waals surface area (Å²) in [5.41, 5.74) is 2.86. The molecule has 0 aliphatic heterocycles. The fraction of sp³-hybridized carbons (Fsp3) is 0.588. The first-order chi connectivity index (χ1) is 10.3. The van der Waals surface area contributed by atoms with E-state index in [2.05, 4.69) is 41.0 Å². The third-order valence-corrected chi connectivity index (χ3v) is 6.16. The number of thiophene rings is 1. The van der Waals surface area contributed by atoms with Gasteiger partial charge < -0.3 is 5.32 Å². The predicted octanol–water partition coefficient (Wildman–Crippen LogP) is 4.54. The number of aromatic nitrogens is 1. The van der Waals surface area contributed by atoms with E-state index in [1.165, 1.54) is 36.4 Å². The number of aryl methyl sites for hydroxylation is 2. The Morgan fingerprint density at radius 1 is 1.43 bits per heavy atom. The minimum atomic E-state index is 0.528. The summed E-state index contributed by atoms with van der Waals surface area (Å²) in [7, 11) is 0. The van der Waals surface area contributed by atoms with Gasteiger partial charge in [0.2, 0.25) is 0 Å². The van der Waals surface area contributed by atoms with Crippen molar-refractivity contribution in [3.63, 3.8) is 0 Å². The largest absolute Gasteiger partial charge is 0.313 e. The van der Waals surface area contributed by atoms with Crippen LogP contribution in [0.5, 0.6) is 0 Å². The van der Waals surface area contributed by atoms with Gasteiger partial charge in [-0.25, -0.2) is 4.98 Å². The second-order valence-electron chi connectivity index (χ2n) is 5.92. The molecule has 0 amide bonds. The molecule has 2 atom stereocenters. The van der Waals surface area contributed by atoms with Crippen LogP contribution in [0.3, 0.4) is 0 Å². The van der Waals surface area contributed by atoms with Crippen LogP contribution in [0.15, 0.2) is 16.8 Å². The third kappa shape index (κ3) is 3.55. The Kier molecular flexibility index (Phi) is 5.09. The van der Waals surface area contributed by atoms with Crippen molar-refractivity contribution in [1.82, 2.24) is 10.3 Å². The maximum atomic E-state index is 4.68. The number of thiazole rings is 1. The smallest absolute Gasteiger partial charge is 0.0897 e. The Labute approximate surface area is 135 Å². The summed E-state index contributed by atoms with van der Waals surface area (Å²) < 4.78 is 0. The quantitative estimate of drug-likeness (QED) is 0.845. The highest BCUT2D eigenvalue weighted by atomic mass is 32.1. The van der Waals surface area contributed by atoms with Crippen LogP contribution >= 0.6 is 22.7 Å². The zero-order valence-corrected chi connectivity index (χ0v) is 14.5. The molecule has 2 nitrogen and oxygen atoms in total. The predicted molar refractivity (Wildman–Crippen MR) is 92.6 cm³/mol. The van der Waals surface area contributed by atoms with Gasteiger partial charge in [0, 0.05) is 28.6 Å². The number of hydrogen-bond acceptors (Lipinski definition) is 4. The molecule has 0 fully saturated rings. The number of nitrogens with one attached hydrogen (secondary N) is 1. The molecular formula is C17H24N2S2. The second-order valence-corrected chi connectivity index (χ2v) is 7.98. The molecule has 1 aliphatic carbocycles. The molecule has 1 N–H and O–H groups in total. The lowest BCUT2D eigenvalue weighted by Crippen LogP contribution is -2.38. The molecule has 114 valence electrons. The van der Waals surface area contributed by atoms with Crippen LogP contribution in [0, 0.1) is 6.92 Å². The Bertz CT molecular complexity index is 573. The van der Waals surface area contributed by atoms with Crippen LogP contribution in [0.1, 0.15) is 53.2 Å². The van der Waals surface area contributed by atoms with E-state index < -0.39 is 0 Å². The van der Waals surface area contributed by atoms with Crippen molar-refractivity contribution in [1.29, 1.82) is 0 Å². The molecule has 0 saturated carbocycles. The van der Waals surface area contributed by atoms with Crippen molar-refractivity contribution in [3.8, 4) is 0 Å². The number of fused-ring (bicyclic) bond motifs is 1. The molecule has 0 saturated heterocycles. The lowest BCUT2D eigenvalue weighted by Gasteiger charge is -2.31. The van der Waals surface area contributed by atoms with Gasteiger partial charge in [-0.2, -0.15) is 0 Å². The summed E-state index contributed by atoms with van der Waals surface area (Å²) in [4.78, 5) is 6.29. The summed E-state index contributed by atoms with van der Waals surface area (Å²) in [5.74, 6) is 0.661. The molecule has 2 aromatic heterocycles. The van der Waals surface area contributed by atoms with Crippen molar-refractivity contribution < 1.29 is 0 Å². The van der Waals surface area contributed by atoms with Crippen LogP contribution < -0.4 is 5.32 Å². The van der Waals surface area contributed by atoms with Crippen molar-refractivity contribution in [2.24, 2.45) is 0 Å². The van der Waals surface area contributed by atoms with Crippen molar-refractivity contribution in [2.75, 3.05) is 6.54 Å². The van der Waals surface area contributed by atoms with E-state index in [4.69, 9.17) is 0 Å². The van der Waals surface area contributed by atoms with Gasteiger partial charge in [0.25, 0.3) is 0 Å². The summed E-state index contributed by atoms with van der Waals surface area (Å²) in [6.45, 7) is 5.44. The number of nitrogens with zero attached hydrogens (tertiary/aromatic N) is 1. The van der Waals surface area contributed by atoms with E-state index in [0.717, 1.165) is 13.0 Å². The lowest BCUT2D eigenvalue weighted by atomic mass is 9.81. The van der Waals surface area contributed by atoms with E-state index in [-0.39, 0.29) is 0 Å². The fourth-order valence-corrected chi connectivity index (χ4v) is 4.98. The second kappa shape index (κ2) is 7.03. The summed E-state index contributed by atoms with van der Waals surface area (Å²) >= 11 is 3.71. The monoisotopic (exact) mass is 320 g/mol. The third-order valence-electron chi connectivity index (χ3n) is 4.34. The number of rotatable bonds is 6. The average Bonchev–Trinajstić information content (AvgIpc) is 3.11. The first-order valence-electron chi connectivity index (χ1n) is 7.98. The molecule has 1 aliphatic rings. The van der Waals surface area contributed by atoms with Crippen LogP contribution in [0.2, 0.25) is 0 Å². The Balaban J connectivity index is 1.79. The van der Waals surface area contributed by atoms with Gasteiger partial charge in [0.15, 0.2) is 0 Å². The average molecular weight is 321 g/mol. The van der Waals surface area contributed by atoms with E-state index in [1.807, 2.05) is 11.3 Å². The van der Waals surface area contributed by atoms with Crippen molar-refractivity contribution in [3.05, 3.63) is 38.0 Å². The molecule has 0 radical (unpaired) electrons. The Morgan fingerprint density at radius 2 is 2.33 bits per heavy atom. The first-order valence-corrected chi connectivity index (χ1v) is 9.74. The molecule has 0 bridgehead atoms. The highest BCUT2D eigenvalue weighted by Gasteiger charge is 2.28. The summed E-state index contributed by atoms with van der Waals surface area (Å²) in [6.07, 6.45) is 6.17. The van der Waals surface area contributed by atoms with E-state index in [0.29, 0.717) is 12.0 Å². The van der Waals surface area contributed by atoms with Crippen LogP contribution in [-0.4, -0.2) is 17.6 Å².